The van der Waals surface area contributed by atoms with E-state index in [0.29, 0.717) is 31.5 Å². The Morgan fingerprint density at radius 2 is 2.00 bits per heavy atom. The molecule has 1 saturated heterocycles. The second kappa shape index (κ2) is 9.60. The molecule has 5 nitrogen and oxygen atoms in total. The molecule has 0 atom stereocenters. The Bertz CT molecular complexity index is 998. The number of fused-ring (bicyclic) bond motifs is 1. The summed E-state index contributed by atoms with van der Waals surface area (Å²) in [4.78, 5) is 20.2. The van der Waals surface area contributed by atoms with E-state index in [1.54, 1.807) is 23.1 Å². The first-order valence-corrected chi connectivity index (χ1v) is 13.0. The van der Waals surface area contributed by atoms with Crippen molar-refractivity contribution >= 4 is 56.9 Å². The van der Waals surface area contributed by atoms with Crippen LogP contribution in [-0.2, 0) is 0 Å². The Morgan fingerprint density at radius 3 is 2.73 bits per heavy atom. The van der Waals surface area contributed by atoms with E-state index in [-0.39, 0.29) is 5.91 Å². The standard InChI is InChI=1S/C22H25N3O2S3/c1-28-14-11-22(27)9-12-25(13-10-22)21(26)16-5-7-17(8-6-16)24-30-19-4-2-3-18-20(19)23-15-29-18/h2-8,15,24,27H,9-14H2,1H3. The maximum Gasteiger partial charge on any atom is 0.253 e. The van der Waals surface area contributed by atoms with E-state index in [0.717, 1.165) is 28.3 Å². The van der Waals surface area contributed by atoms with Gasteiger partial charge in [-0.25, -0.2) is 4.98 Å². The number of thioether (sulfide) groups is 1. The fourth-order valence-corrected chi connectivity index (χ4v) is 5.71. The molecule has 0 aliphatic carbocycles. The summed E-state index contributed by atoms with van der Waals surface area (Å²) < 4.78 is 4.51. The lowest BCUT2D eigenvalue weighted by Crippen LogP contribution is -2.46. The number of nitrogens with one attached hydrogen (secondary N) is 1. The number of benzene rings is 2. The lowest BCUT2D eigenvalue weighted by atomic mass is 9.88. The predicted molar refractivity (Wildman–Crippen MR) is 129 cm³/mol. The van der Waals surface area contributed by atoms with Crippen LogP contribution in [0.25, 0.3) is 10.2 Å². The van der Waals surface area contributed by atoms with E-state index >= 15 is 0 Å². The van der Waals surface area contributed by atoms with Gasteiger partial charge in [0.05, 0.1) is 26.2 Å². The van der Waals surface area contributed by atoms with E-state index in [4.69, 9.17) is 0 Å². The average Bonchev–Trinajstić information content (AvgIpc) is 3.26. The Morgan fingerprint density at radius 1 is 1.23 bits per heavy atom. The van der Waals surface area contributed by atoms with E-state index in [1.165, 1.54) is 16.6 Å². The summed E-state index contributed by atoms with van der Waals surface area (Å²) in [7, 11) is 0. The number of aliphatic hydroxyl groups is 1. The van der Waals surface area contributed by atoms with Gasteiger partial charge in [0.15, 0.2) is 0 Å². The Balaban J connectivity index is 1.33. The van der Waals surface area contributed by atoms with Crippen molar-refractivity contribution in [3.05, 3.63) is 53.5 Å². The van der Waals surface area contributed by atoms with Crippen molar-refractivity contribution in [1.29, 1.82) is 0 Å². The van der Waals surface area contributed by atoms with Gasteiger partial charge in [-0.15, -0.1) is 11.3 Å². The minimum atomic E-state index is -0.620. The van der Waals surface area contributed by atoms with Crippen molar-refractivity contribution in [2.24, 2.45) is 0 Å². The first kappa shape index (κ1) is 21.5. The monoisotopic (exact) mass is 459 g/mol. The van der Waals surface area contributed by atoms with Gasteiger partial charge in [0.25, 0.3) is 5.91 Å². The molecule has 4 rings (SSSR count). The van der Waals surface area contributed by atoms with Gasteiger partial charge in [-0.2, -0.15) is 11.8 Å². The molecule has 1 fully saturated rings. The maximum atomic E-state index is 12.8. The molecule has 0 saturated carbocycles. The minimum absolute atomic E-state index is 0.0355. The Hall–Kier alpha value is -1.74. The summed E-state index contributed by atoms with van der Waals surface area (Å²) in [5, 5.41) is 10.6. The van der Waals surface area contributed by atoms with Crippen molar-refractivity contribution in [2.75, 3.05) is 29.8 Å². The summed E-state index contributed by atoms with van der Waals surface area (Å²) in [6.07, 6.45) is 4.15. The highest BCUT2D eigenvalue weighted by Crippen LogP contribution is 2.30. The van der Waals surface area contributed by atoms with Gasteiger partial charge in [0.2, 0.25) is 0 Å². The third-order valence-electron chi connectivity index (χ3n) is 5.49. The average molecular weight is 460 g/mol. The molecular weight excluding hydrogens is 434 g/mol. The molecule has 3 aromatic rings. The van der Waals surface area contributed by atoms with Crippen LogP contribution in [0.5, 0.6) is 0 Å². The van der Waals surface area contributed by atoms with Crippen molar-refractivity contribution < 1.29 is 9.90 Å². The van der Waals surface area contributed by atoms with Gasteiger partial charge < -0.3 is 14.7 Å². The molecule has 0 bridgehead atoms. The molecule has 1 amide bonds. The molecule has 1 aromatic heterocycles. The second-order valence-electron chi connectivity index (χ2n) is 7.50. The number of hydrogen-bond acceptors (Lipinski definition) is 7. The van der Waals surface area contributed by atoms with Crippen molar-refractivity contribution in [2.45, 2.75) is 29.8 Å². The Kier molecular flexibility index (Phi) is 6.87. The summed E-state index contributed by atoms with van der Waals surface area (Å²) >= 11 is 4.91. The highest BCUT2D eigenvalue weighted by Gasteiger charge is 2.33. The van der Waals surface area contributed by atoms with Crippen molar-refractivity contribution in [1.82, 2.24) is 9.88 Å². The maximum absolute atomic E-state index is 12.8. The van der Waals surface area contributed by atoms with Crippen LogP contribution in [-0.4, -0.2) is 51.6 Å². The number of piperidine rings is 1. The lowest BCUT2D eigenvalue weighted by Gasteiger charge is -2.38. The van der Waals surface area contributed by atoms with E-state index in [9.17, 15) is 9.90 Å². The number of amides is 1. The smallest absolute Gasteiger partial charge is 0.253 e. The van der Waals surface area contributed by atoms with Crippen LogP contribution in [0.1, 0.15) is 29.6 Å². The normalized spacial score (nSPS) is 16.0. The molecule has 2 heterocycles. The fraction of sp³-hybridized carbons (Fsp3) is 0.364. The summed E-state index contributed by atoms with van der Waals surface area (Å²) in [6.45, 7) is 1.22. The van der Waals surface area contributed by atoms with Crippen LogP contribution in [0, 0.1) is 0 Å². The van der Waals surface area contributed by atoms with E-state index in [2.05, 4.69) is 22.0 Å². The molecule has 0 radical (unpaired) electrons. The molecular formula is C22H25N3O2S3. The number of carbonyl (C=O) groups is 1. The highest BCUT2D eigenvalue weighted by atomic mass is 32.2. The third kappa shape index (κ3) is 4.94. The molecule has 1 aliphatic rings. The number of likely N-dealkylation sites (tertiary alicyclic amines) is 1. The zero-order valence-electron chi connectivity index (χ0n) is 16.8. The van der Waals surface area contributed by atoms with Crippen LogP contribution in [0.4, 0.5) is 5.69 Å². The number of anilines is 1. The molecule has 2 N–H and O–H groups in total. The number of carbonyl (C=O) groups excluding carboxylic acids is 1. The van der Waals surface area contributed by atoms with Crippen LogP contribution >= 0.6 is 35.0 Å². The number of hydrogen-bond donors (Lipinski definition) is 2. The van der Waals surface area contributed by atoms with Gasteiger partial charge in [0.1, 0.15) is 0 Å². The molecule has 2 aromatic carbocycles. The topological polar surface area (TPSA) is 65.5 Å². The predicted octanol–water partition coefficient (Wildman–Crippen LogP) is 5.14. The van der Waals surface area contributed by atoms with E-state index in [1.807, 2.05) is 46.8 Å². The second-order valence-corrected chi connectivity index (χ2v) is 10.2. The van der Waals surface area contributed by atoms with Crippen LogP contribution < -0.4 is 4.72 Å². The first-order valence-electron chi connectivity index (χ1n) is 9.94. The molecule has 1 aliphatic heterocycles. The number of nitrogens with zero attached hydrogens (tertiary/aromatic N) is 2. The fourth-order valence-electron chi connectivity index (χ4n) is 3.59. The molecule has 30 heavy (non-hydrogen) atoms. The van der Waals surface area contributed by atoms with Gasteiger partial charge in [-0.1, -0.05) is 6.07 Å². The summed E-state index contributed by atoms with van der Waals surface area (Å²) in [6, 6.07) is 13.7. The largest absolute Gasteiger partial charge is 0.390 e. The van der Waals surface area contributed by atoms with Crippen LogP contribution in [0.15, 0.2) is 52.9 Å². The lowest BCUT2D eigenvalue weighted by molar-refractivity contribution is -0.0184. The third-order valence-corrected chi connectivity index (χ3v) is 7.78. The summed E-state index contributed by atoms with van der Waals surface area (Å²) in [5.74, 6) is 0.988. The number of rotatable bonds is 7. The van der Waals surface area contributed by atoms with Crippen LogP contribution in [0.2, 0.25) is 0 Å². The number of para-hydroxylation sites is 1. The number of thiazole rings is 1. The molecule has 158 valence electrons. The number of aromatic nitrogens is 1. The summed E-state index contributed by atoms with van der Waals surface area (Å²) in [5.41, 5.74) is 3.87. The van der Waals surface area contributed by atoms with Gasteiger partial charge in [0, 0.05) is 24.3 Å². The quantitative estimate of drug-likeness (QED) is 0.477. The van der Waals surface area contributed by atoms with E-state index < -0.39 is 5.60 Å². The minimum Gasteiger partial charge on any atom is -0.390 e. The van der Waals surface area contributed by atoms with Crippen molar-refractivity contribution in [3.63, 3.8) is 0 Å². The van der Waals surface area contributed by atoms with Gasteiger partial charge in [-0.3, -0.25) is 4.79 Å². The SMILES string of the molecule is CSCCC1(O)CCN(C(=O)c2ccc(NSc3cccc4scnc34)cc2)CC1. The highest BCUT2D eigenvalue weighted by molar-refractivity contribution is 8.00. The molecule has 8 heteroatoms. The molecule has 0 unspecified atom stereocenters. The van der Waals surface area contributed by atoms with Crippen molar-refractivity contribution in [3.8, 4) is 0 Å². The first-order chi connectivity index (χ1) is 14.6. The van der Waals surface area contributed by atoms with Gasteiger partial charge in [-0.05, 0) is 79.6 Å². The molecule has 0 spiro atoms. The van der Waals surface area contributed by atoms with Gasteiger partial charge >= 0.3 is 0 Å². The van der Waals surface area contributed by atoms with Crippen LogP contribution in [0.3, 0.4) is 0 Å². The Labute approximate surface area is 189 Å². The zero-order valence-corrected chi connectivity index (χ0v) is 19.3. The zero-order chi connectivity index (χ0) is 21.0.